The van der Waals surface area contributed by atoms with E-state index in [2.05, 4.69) is 6.07 Å². The van der Waals surface area contributed by atoms with Gasteiger partial charge in [0, 0.05) is 11.5 Å². The molecule has 0 atom stereocenters. The first kappa shape index (κ1) is 14.2. The second-order valence-corrected chi connectivity index (χ2v) is 4.96. The van der Waals surface area contributed by atoms with Gasteiger partial charge in [-0.25, -0.2) is 4.99 Å². The minimum atomic E-state index is 0.668. The minimum absolute atomic E-state index is 0.668. The van der Waals surface area contributed by atoms with Gasteiger partial charge in [-0.3, -0.25) is 0 Å². The highest BCUT2D eigenvalue weighted by Crippen LogP contribution is 2.31. The lowest BCUT2D eigenvalue weighted by Crippen LogP contribution is -2.01. The molecule has 0 unspecified atom stereocenters. The number of hydrogen-bond donors (Lipinski definition) is 0. The Balaban J connectivity index is 2.23. The van der Waals surface area contributed by atoms with Crippen LogP contribution in [0.15, 0.2) is 58.1 Å². The Labute approximate surface area is 128 Å². The minimum Gasteiger partial charge on any atom is -0.497 e. The molecule has 1 heterocycles. The zero-order chi connectivity index (χ0) is 15.5. The Morgan fingerprint density at radius 3 is 2.59 bits per heavy atom. The van der Waals surface area contributed by atoms with Crippen LogP contribution >= 0.6 is 0 Å². The smallest absolute Gasteiger partial charge is 0.148 e. The van der Waals surface area contributed by atoms with Gasteiger partial charge in [0.25, 0.3) is 0 Å². The maximum atomic E-state index is 5.53. The van der Waals surface area contributed by atoms with Gasteiger partial charge in [-0.15, -0.1) is 0 Å². The third kappa shape index (κ3) is 2.68. The lowest BCUT2D eigenvalue weighted by molar-refractivity contribution is 0.395. The summed E-state index contributed by atoms with van der Waals surface area (Å²) >= 11 is 0. The van der Waals surface area contributed by atoms with Crippen LogP contribution in [0.1, 0.15) is 5.56 Å². The van der Waals surface area contributed by atoms with Gasteiger partial charge in [-0.2, -0.15) is 0 Å². The molecule has 0 radical (unpaired) electrons. The lowest BCUT2D eigenvalue weighted by Gasteiger charge is -2.07. The average molecular weight is 295 g/mol. The Morgan fingerprint density at radius 2 is 1.82 bits per heavy atom. The van der Waals surface area contributed by atoms with Crippen LogP contribution in [0.5, 0.6) is 11.5 Å². The number of hydrogen-bond acceptors (Lipinski definition) is 4. The topological polar surface area (TPSA) is 44.0 Å². The van der Waals surface area contributed by atoms with Crippen molar-refractivity contribution in [2.24, 2.45) is 4.99 Å². The number of nitrogens with zero attached hydrogens (tertiary/aromatic N) is 1. The largest absolute Gasteiger partial charge is 0.497 e. The predicted molar refractivity (Wildman–Crippen MR) is 85.7 cm³/mol. The third-order valence-electron chi connectivity index (χ3n) is 3.46. The van der Waals surface area contributed by atoms with Gasteiger partial charge in [-0.1, -0.05) is 11.6 Å². The molecule has 0 saturated heterocycles. The van der Waals surface area contributed by atoms with Crippen molar-refractivity contribution in [2.45, 2.75) is 6.92 Å². The molecule has 0 fully saturated rings. The molecule has 0 aliphatic rings. The van der Waals surface area contributed by atoms with E-state index in [4.69, 9.17) is 18.9 Å². The first-order valence-electron chi connectivity index (χ1n) is 6.96. The summed E-state index contributed by atoms with van der Waals surface area (Å²) in [5.74, 6) is 1.40. The molecule has 0 saturated carbocycles. The molecule has 112 valence electrons. The van der Waals surface area contributed by atoms with Crippen LogP contribution in [0.4, 0.5) is 5.69 Å². The van der Waals surface area contributed by atoms with Crippen molar-refractivity contribution >= 4 is 16.7 Å². The van der Waals surface area contributed by atoms with E-state index in [1.807, 2.05) is 43.3 Å². The molecule has 3 rings (SSSR count). The number of benzene rings is 2. The second-order valence-electron chi connectivity index (χ2n) is 4.96. The van der Waals surface area contributed by atoms with Crippen molar-refractivity contribution in [3.05, 3.63) is 59.6 Å². The molecule has 3 aromatic rings. The zero-order valence-corrected chi connectivity index (χ0v) is 12.8. The number of fused-ring (bicyclic) bond motifs is 1. The molecule has 22 heavy (non-hydrogen) atoms. The Hall–Kier alpha value is -2.75. The monoisotopic (exact) mass is 295 g/mol. The van der Waals surface area contributed by atoms with Crippen molar-refractivity contribution in [1.29, 1.82) is 0 Å². The van der Waals surface area contributed by atoms with Crippen LogP contribution in [-0.4, -0.2) is 14.2 Å². The van der Waals surface area contributed by atoms with E-state index >= 15 is 0 Å². The van der Waals surface area contributed by atoms with E-state index in [1.54, 1.807) is 20.5 Å². The summed E-state index contributed by atoms with van der Waals surface area (Å²) in [5.41, 5.74) is 2.71. The van der Waals surface area contributed by atoms with Gasteiger partial charge >= 0.3 is 0 Å². The fourth-order valence-corrected chi connectivity index (χ4v) is 2.31. The maximum Gasteiger partial charge on any atom is 0.148 e. The van der Waals surface area contributed by atoms with E-state index in [9.17, 15) is 0 Å². The Morgan fingerprint density at radius 1 is 0.955 bits per heavy atom. The first-order chi connectivity index (χ1) is 10.7. The molecule has 4 heteroatoms. The molecule has 0 N–H and O–H groups in total. The predicted octanol–water partition coefficient (Wildman–Crippen LogP) is 3.99. The summed E-state index contributed by atoms with van der Waals surface area (Å²) < 4.78 is 16.1. The fraction of sp³-hybridized carbons (Fsp3) is 0.167. The molecular weight excluding hydrogens is 278 g/mol. The average Bonchev–Trinajstić information content (AvgIpc) is 2.55. The molecule has 2 aromatic carbocycles. The van der Waals surface area contributed by atoms with Gasteiger partial charge < -0.3 is 13.9 Å². The molecule has 1 aromatic heterocycles. The van der Waals surface area contributed by atoms with E-state index in [1.165, 1.54) is 0 Å². The molecular formula is C18H17NO3. The molecule has 0 aliphatic carbocycles. The van der Waals surface area contributed by atoms with Crippen LogP contribution in [0.2, 0.25) is 0 Å². The van der Waals surface area contributed by atoms with Gasteiger partial charge in [0.2, 0.25) is 0 Å². The van der Waals surface area contributed by atoms with Crippen LogP contribution in [0, 0.1) is 6.92 Å². The van der Waals surface area contributed by atoms with E-state index < -0.39 is 0 Å². The highest BCUT2D eigenvalue weighted by molar-refractivity contribution is 5.77. The molecule has 0 bridgehead atoms. The van der Waals surface area contributed by atoms with Crippen molar-refractivity contribution in [3.63, 3.8) is 0 Å². The number of aryl methyl sites for hydroxylation is 1. The third-order valence-corrected chi connectivity index (χ3v) is 3.46. The Bertz CT molecular complexity index is 881. The van der Waals surface area contributed by atoms with Crippen LogP contribution in [0.25, 0.3) is 11.0 Å². The van der Waals surface area contributed by atoms with E-state index in [0.29, 0.717) is 5.75 Å². The van der Waals surface area contributed by atoms with Gasteiger partial charge in [-0.05, 0) is 37.3 Å². The number of ether oxygens (including phenoxy) is 2. The highest BCUT2D eigenvalue weighted by Gasteiger charge is 2.05. The summed E-state index contributed by atoms with van der Waals surface area (Å²) in [6.45, 7) is 2.05. The standard InChI is InChI=1S/C18H17NO3/c1-12-4-7-17-14(10-12)15(8-9-22-17)19-16-6-5-13(20-2)11-18(16)21-3/h4-11H,1-3H3. The van der Waals surface area contributed by atoms with Crippen molar-refractivity contribution in [2.75, 3.05) is 14.2 Å². The van der Waals surface area contributed by atoms with Crippen molar-refractivity contribution in [1.82, 2.24) is 0 Å². The number of methoxy groups -OCH3 is 2. The molecule has 0 aliphatic heterocycles. The fourth-order valence-electron chi connectivity index (χ4n) is 2.31. The van der Waals surface area contributed by atoms with Gasteiger partial charge in [0.15, 0.2) is 0 Å². The van der Waals surface area contributed by atoms with Crippen LogP contribution in [0.3, 0.4) is 0 Å². The van der Waals surface area contributed by atoms with Gasteiger partial charge in [0.05, 0.1) is 25.8 Å². The summed E-state index contributed by atoms with van der Waals surface area (Å²) in [6.07, 6.45) is 1.65. The van der Waals surface area contributed by atoms with E-state index in [-0.39, 0.29) is 0 Å². The first-order valence-corrected chi connectivity index (χ1v) is 6.96. The summed E-state index contributed by atoms with van der Waals surface area (Å²) in [5, 5.41) is 1.81. The van der Waals surface area contributed by atoms with Gasteiger partial charge in [0.1, 0.15) is 22.8 Å². The van der Waals surface area contributed by atoms with Crippen molar-refractivity contribution < 1.29 is 13.9 Å². The molecule has 0 amide bonds. The summed E-state index contributed by atoms with van der Waals surface area (Å²) in [4.78, 5) is 4.72. The second kappa shape index (κ2) is 5.93. The normalized spacial score (nSPS) is 11.7. The van der Waals surface area contributed by atoms with E-state index in [0.717, 1.165) is 33.3 Å². The van der Waals surface area contributed by atoms with Crippen molar-refractivity contribution in [3.8, 4) is 11.5 Å². The number of rotatable bonds is 3. The molecule has 4 nitrogen and oxygen atoms in total. The highest BCUT2D eigenvalue weighted by atomic mass is 16.5. The lowest BCUT2D eigenvalue weighted by atomic mass is 10.1. The quantitative estimate of drug-likeness (QED) is 0.734. The van der Waals surface area contributed by atoms with Crippen LogP contribution < -0.4 is 14.8 Å². The Kier molecular flexibility index (Phi) is 3.83. The molecule has 0 spiro atoms. The van der Waals surface area contributed by atoms with Crippen LogP contribution in [-0.2, 0) is 0 Å². The summed E-state index contributed by atoms with van der Waals surface area (Å²) in [6, 6.07) is 13.4. The maximum absolute atomic E-state index is 5.53. The zero-order valence-electron chi connectivity index (χ0n) is 12.8. The SMILES string of the molecule is COc1ccc(N=c2ccoc3ccc(C)cc23)c(OC)c1. The summed E-state index contributed by atoms with van der Waals surface area (Å²) in [7, 11) is 3.25.